The van der Waals surface area contributed by atoms with E-state index >= 15 is 0 Å². The van der Waals surface area contributed by atoms with Crippen LogP contribution in [0.3, 0.4) is 0 Å². The summed E-state index contributed by atoms with van der Waals surface area (Å²) >= 11 is 1.33. The van der Waals surface area contributed by atoms with Crippen molar-refractivity contribution in [2.24, 2.45) is 0 Å². The second kappa shape index (κ2) is 8.39. The van der Waals surface area contributed by atoms with Gasteiger partial charge in [-0.1, -0.05) is 12.1 Å². The van der Waals surface area contributed by atoms with E-state index in [1.165, 1.54) is 16.7 Å². The number of carbonyl (C=O) groups is 4. The number of aliphatic carboxylic acids is 1. The number of carbonyl (C=O) groups excluding carboxylic acids is 3. The molecule has 31 heavy (non-hydrogen) atoms. The standard InChI is InChI=1S/C20H27N5O5S/c1-9(22-4)15(26)23-12(10-6-5-7-11(21)8-10)16(27)24-13-17(28)25-14(19(29)30)20(2,3)31-18(13)25/h5-9,12-14,18,22H,21H2,1-4H3,(H,23,26)(H,24,27)(H,29,30)/t9-,12?,13+,14-,18+/m0/s1. The quantitative estimate of drug-likeness (QED) is 0.280. The van der Waals surface area contributed by atoms with Gasteiger partial charge < -0.3 is 31.7 Å². The summed E-state index contributed by atoms with van der Waals surface area (Å²) in [5, 5.41) is 17.2. The molecule has 2 saturated heterocycles. The highest BCUT2D eigenvalue weighted by Crippen LogP contribution is 2.50. The Kier molecular flexibility index (Phi) is 6.19. The number of likely N-dealkylation sites (N-methyl/N-ethyl adjacent to an activating group) is 1. The number of nitrogen functional groups attached to an aromatic ring is 1. The molecule has 5 atom stereocenters. The van der Waals surface area contributed by atoms with Crippen LogP contribution in [0, 0.1) is 0 Å². The van der Waals surface area contributed by atoms with Gasteiger partial charge in [0, 0.05) is 10.4 Å². The van der Waals surface area contributed by atoms with Crippen molar-refractivity contribution in [2.75, 3.05) is 12.8 Å². The highest BCUT2D eigenvalue weighted by atomic mass is 32.2. The maximum Gasteiger partial charge on any atom is 0.327 e. The number of thioether (sulfide) groups is 1. The van der Waals surface area contributed by atoms with Gasteiger partial charge >= 0.3 is 5.97 Å². The number of hydrogen-bond acceptors (Lipinski definition) is 7. The Hall–Kier alpha value is -2.79. The number of nitrogens with two attached hydrogens (primary N) is 1. The Bertz CT molecular complexity index is 923. The third kappa shape index (κ3) is 4.19. The van der Waals surface area contributed by atoms with E-state index in [1.807, 2.05) is 0 Å². The van der Waals surface area contributed by atoms with E-state index in [0.717, 1.165) is 0 Å². The van der Waals surface area contributed by atoms with Crippen LogP contribution in [-0.4, -0.2) is 69.0 Å². The molecule has 0 bridgehead atoms. The van der Waals surface area contributed by atoms with Crippen LogP contribution in [0.2, 0.25) is 0 Å². The average molecular weight is 450 g/mol. The van der Waals surface area contributed by atoms with Crippen molar-refractivity contribution in [2.45, 2.75) is 55.1 Å². The van der Waals surface area contributed by atoms with Gasteiger partial charge in [0.15, 0.2) is 0 Å². The van der Waals surface area contributed by atoms with Crippen LogP contribution >= 0.6 is 11.8 Å². The summed E-state index contributed by atoms with van der Waals surface area (Å²) in [5.41, 5.74) is 6.74. The molecule has 1 aromatic carbocycles. The Morgan fingerprint density at radius 1 is 1.26 bits per heavy atom. The lowest BCUT2D eigenvalue weighted by Gasteiger charge is -2.44. The molecule has 11 heteroatoms. The zero-order valence-corrected chi connectivity index (χ0v) is 18.5. The van der Waals surface area contributed by atoms with Crippen LogP contribution in [0.4, 0.5) is 5.69 Å². The molecule has 0 spiro atoms. The Labute approximate surface area is 184 Å². The molecule has 168 valence electrons. The lowest BCUT2D eigenvalue weighted by molar-refractivity contribution is -0.161. The van der Waals surface area contributed by atoms with Crippen molar-refractivity contribution in [3.05, 3.63) is 29.8 Å². The van der Waals surface area contributed by atoms with Crippen LogP contribution < -0.4 is 21.7 Å². The van der Waals surface area contributed by atoms with E-state index in [4.69, 9.17) is 5.73 Å². The van der Waals surface area contributed by atoms with Gasteiger partial charge in [0.25, 0.3) is 0 Å². The highest BCUT2D eigenvalue weighted by Gasteiger charge is 2.64. The predicted octanol–water partition coefficient (Wildman–Crippen LogP) is -0.334. The minimum absolute atomic E-state index is 0.394. The van der Waals surface area contributed by atoms with Gasteiger partial charge in [-0.25, -0.2) is 4.79 Å². The largest absolute Gasteiger partial charge is 0.480 e. The fraction of sp³-hybridized carbons (Fsp3) is 0.500. The molecule has 1 unspecified atom stereocenters. The molecule has 3 amide bonds. The number of carboxylic acid groups (broad SMARTS) is 1. The number of anilines is 1. The third-order valence-electron chi connectivity index (χ3n) is 5.59. The topological polar surface area (TPSA) is 154 Å². The van der Waals surface area contributed by atoms with Crippen molar-refractivity contribution >= 4 is 41.1 Å². The smallest absolute Gasteiger partial charge is 0.327 e. The van der Waals surface area contributed by atoms with Gasteiger partial charge in [-0.3, -0.25) is 14.4 Å². The van der Waals surface area contributed by atoms with Gasteiger partial charge in [0.1, 0.15) is 23.5 Å². The first-order valence-electron chi connectivity index (χ1n) is 9.84. The molecule has 0 saturated carbocycles. The fourth-order valence-electron chi connectivity index (χ4n) is 3.82. The molecule has 0 aliphatic carbocycles. The zero-order chi connectivity index (χ0) is 23.1. The first kappa shape index (κ1) is 22.9. The van der Waals surface area contributed by atoms with E-state index in [1.54, 1.807) is 52.1 Å². The summed E-state index contributed by atoms with van der Waals surface area (Å²) in [5.74, 6) is -2.50. The van der Waals surface area contributed by atoms with Gasteiger partial charge in [-0.2, -0.15) is 0 Å². The Balaban J connectivity index is 1.80. The van der Waals surface area contributed by atoms with Crippen molar-refractivity contribution in [3.63, 3.8) is 0 Å². The monoisotopic (exact) mass is 449 g/mol. The minimum atomic E-state index is -1.08. The number of amides is 3. The molecule has 2 fully saturated rings. The summed E-state index contributed by atoms with van der Waals surface area (Å²) in [6.07, 6.45) is 0. The highest BCUT2D eigenvalue weighted by molar-refractivity contribution is 8.01. The van der Waals surface area contributed by atoms with Crippen molar-refractivity contribution < 1.29 is 24.3 Å². The van der Waals surface area contributed by atoms with Crippen LogP contribution in [0.1, 0.15) is 32.4 Å². The fourth-order valence-corrected chi connectivity index (χ4v) is 5.44. The number of carboxylic acids is 1. The number of fused-ring (bicyclic) bond motifs is 1. The second-order valence-electron chi connectivity index (χ2n) is 8.21. The molecule has 0 aromatic heterocycles. The van der Waals surface area contributed by atoms with Gasteiger partial charge in [0.2, 0.25) is 17.7 Å². The lowest BCUT2D eigenvalue weighted by Crippen LogP contribution is -2.71. The lowest BCUT2D eigenvalue weighted by atomic mass is 9.95. The number of hydrogen-bond donors (Lipinski definition) is 5. The van der Waals surface area contributed by atoms with Crippen LogP contribution in [-0.2, 0) is 19.2 Å². The number of benzene rings is 1. The molecule has 1 aromatic rings. The first-order chi connectivity index (χ1) is 14.5. The second-order valence-corrected chi connectivity index (χ2v) is 9.98. The third-order valence-corrected chi connectivity index (χ3v) is 7.16. The van der Waals surface area contributed by atoms with E-state index < -0.39 is 58.0 Å². The van der Waals surface area contributed by atoms with Crippen LogP contribution in [0.15, 0.2) is 24.3 Å². The summed E-state index contributed by atoms with van der Waals surface area (Å²) in [6, 6.07) is 3.12. The Morgan fingerprint density at radius 3 is 2.52 bits per heavy atom. The molecule has 2 heterocycles. The SMILES string of the molecule is CN[C@@H](C)C(=O)NC(C(=O)N[C@@H]1C(=O)N2[C@@H]1SC(C)(C)[C@@H]2C(=O)O)c1cccc(N)c1. The van der Waals surface area contributed by atoms with Crippen molar-refractivity contribution in [1.82, 2.24) is 20.9 Å². The van der Waals surface area contributed by atoms with E-state index in [0.29, 0.717) is 11.3 Å². The molecular weight excluding hydrogens is 422 g/mol. The predicted molar refractivity (Wildman–Crippen MR) is 116 cm³/mol. The van der Waals surface area contributed by atoms with Crippen LogP contribution in [0.25, 0.3) is 0 Å². The molecular formula is C20H27N5O5S. The van der Waals surface area contributed by atoms with Gasteiger partial charge in [-0.05, 0) is 45.5 Å². The molecule has 6 N–H and O–H groups in total. The number of rotatable bonds is 7. The maximum atomic E-state index is 13.1. The van der Waals surface area contributed by atoms with Gasteiger partial charge in [0.05, 0.1) is 6.04 Å². The molecule has 2 aliphatic heterocycles. The summed E-state index contributed by atoms with van der Waals surface area (Å²) in [7, 11) is 1.62. The van der Waals surface area contributed by atoms with Crippen molar-refractivity contribution in [3.8, 4) is 0 Å². The van der Waals surface area contributed by atoms with Crippen molar-refractivity contribution in [1.29, 1.82) is 0 Å². The maximum absolute atomic E-state index is 13.1. The minimum Gasteiger partial charge on any atom is -0.480 e. The first-order valence-corrected chi connectivity index (χ1v) is 10.7. The number of nitrogens with one attached hydrogen (secondary N) is 3. The molecule has 3 rings (SSSR count). The van der Waals surface area contributed by atoms with Gasteiger partial charge in [-0.15, -0.1) is 11.8 Å². The van der Waals surface area contributed by atoms with E-state index in [2.05, 4.69) is 16.0 Å². The number of nitrogens with zero attached hydrogens (tertiary/aromatic N) is 1. The molecule has 2 aliphatic rings. The number of β-lactam (4-membered cyclic amide) rings is 1. The summed E-state index contributed by atoms with van der Waals surface area (Å²) < 4.78 is -0.699. The molecule has 10 nitrogen and oxygen atoms in total. The van der Waals surface area contributed by atoms with E-state index in [9.17, 15) is 24.3 Å². The molecule has 0 radical (unpaired) electrons. The summed E-state index contributed by atoms with van der Waals surface area (Å²) in [6.45, 7) is 5.17. The normalized spacial score (nSPS) is 25.7. The Morgan fingerprint density at radius 2 is 1.94 bits per heavy atom. The van der Waals surface area contributed by atoms with Crippen LogP contribution in [0.5, 0.6) is 0 Å². The zero-order valence-electron chi connectivity index (χ0n) is 17.7. The average Bonchev–Trinajstić information content (AvgIpc) is 2.97. The summed E-state index contributed by atoms with van der Waals surface area (Å²) in [4.78, 5) is 51.2. The van der Waals surface area contributed by atoms with E-state index in [-0.39, 0.29) is 0 Å².